The zero-order valence-corrected chi connectivity index (χ0v) is 8.64. The van der Waals surface area contributed by atoms with Crippen molar-refractivity contribution >= 4 is 15.8 Å². The molecule has 0 amide bonds. The van der Waals surface area contributed by atoms with Gasteiger partial charge in [-0.15, -0.1) is 0 Å². The minimum atomic E-state index is -4.60. The molecule has 0 atom stereocenters. The molecule has 0 unspecified atom stereocenters. The van der Waals surface area contributed by atoms with Crippen molar-refractivity contribution in [3.05, 3.63) is 18.3 Å². The molecule has 5 nitrogen and oxygen atoms in total. The van der Waals surface area contributed by atoms with Crippen molar-refractivity contribution < 1.29 is 21.6 Å². The van der Waals surface area contributed by atoms with E-state index in [1.807, 2.05) is 0 Å². The van der Waals surface area contributed by atoms with Gasteiger partial charge < -0.3 is 5.73 Å². The molecule has 3 N–H and O–H groups in total. The first-order chi connectivity index (χ1) is 7.21. The van der Waals surface area contributed by atoms with Crippen LogP contribution in [0.2, 0.25) is 0 Å². The van der Waals surface area contributed by atoms with E-state index >= 15 is 0 Å². The molecule has 1 aromatic heterocycles. The summed E-state index contributed by atoms with van der Waals surface area (Å²) in [5.41, 5.74) is 5.21. The maximum atomic E-state index is 11.8. The van der Waals surface area contributed by atoms with E-state index in [1.54, 1.807) is 0 Å². The number of anilines is 1. The second-order valence-corrected chi connectivity index (χ2v) is 4.63. The molecule has 16 heavy (non-hydrogen) atoms. The number of nitrogens with two attached hydrogens (primary N) is 1. The average Bonchev–Trinajstić information content (AvgIpc) is 2.15. The van der Waals surface area contributed by atoms with Crippen LogP contribution in [0.5, 0.6) is 0 Å². The third-order valence-electron chi connectivity index (χ3n) is 1.53. The standard InChI is InChI=1S/C7H8F3N3O2S/c8-7(9,10)4-13-16(14,15)5-1-2-6(11)12-3-5/h1-3,13H,4H2,(H2,11,12). The molecular weight excluding hydrogens is 247 g/mol. The molecule has 0 saturated carbocycles. The Hall–Kier alpha value is -1.35. The molecule has 1 rings (SSSR count). The average molecular weight is 255 g/mol. The highest BCUT2D eigenvalue weighted by Crippen LogP contribution is 2.15. The smallest absolute Gasteiger partial charge is 0.384 e. The zero-order chi connectivity index (χ0) is 12.4. The molecule has 0 bridgehead atoms. The fraction of sp³-hybridized carbons (Fsp3) is 0.286. The lowest BCUT2D eigenvalue weighted by molar-refractivity contribution is -0.121. The van der Waals surface area contributed by atoms with E-state index in [0.717, 1.165) is 12.3 Å². The maximum absolute atomic E-state index is 11.8. The SMILES string of the molecule is Nc1ccc(S(=O)(=O)NCC(F)(F)F)cn1. The number of nitrogen functional groups attached to an aromatic ring is 1. The highest BCUT2D eigenvalue weighted by Gasteiger charge is 2.30. The summed E-state index contributed by atoms with van der Waals surface area (Å²) in [6.45, 7) is -1.63. The fourth-order valence-electron chi connectivity index (χ4n) is 0.811. The van der Waals surface area contributed by atoms with Crippen molar-refractivity contribution in [3.63, 3.8) is 0 Å². The van der Waals surface area contributed by atoms with Crippen molar-refractivity contribution in [3.8, 4) is 0 Å². The van der Waals surface area contributed by atoms with Gasteiger partial charge in [0.25, 0.3) is 0 Å². The Kier molecular flexibility index (Phi) is 3.38. The van der Waals surface area contributed by atoms with Gasteiger partial charge in [-0.3, -0.25) is 0 Å². The Bertz CT molecular complexity index is 455. The monoisotopic (exact) mass is 255 g/mol. The van der Waals surface area contributed by atoms with Crippen LogP contribution in [0.15, 0.2) is 23.2 Å². The van der Waals surface area contributed by atoms with E-state index in [-0.39, 0.29) is 10.7 Å². The Labute approximate surface area is 89.5 Å². The van der Waals surface area contributed by atoms with E-state index in [4.69, 9.17) is 5.73 Å². The van der Waals surface area contributed by atoms with E-state index in [0.29, 0.717) is 0 Å². The molecule has 0 saturated heterocycles. The molecule has 1 aromatic rings. The van der Waals surface area contributed by atoms with Crippen molar-refractivity contribution in [2.45, 2.75) is 11.1 Å². The lowest BCUT2D eigenvalue weighted by atomic mass is 10.5. The van der Waals surface area contributed by atoms with Crippen LogP contribution < -0.4 is 10.5 Å². The molecule has 0 aliphatic rings. The topological polar surface area (TPSA) is 85.1 Å². The van der Waals surface area contributed by atoms with E-state index in [9.17, 15) is 21.6 Å². The molecule has 0 spiro atoms. The lowest BCUT2D eigenvalue weighted by Crippen LogP contribution is -2.33. The quantitative estimate of drug-likeness (QED) is 0.823. The Morgan fingerprint density at radius 1 is 1.38 bits per heavy atom. The second kappa shape index (κ2) is 4.26. The number of halogens is 3. The molecule has 90 valence electrons. The van der Waals surface area contributed by atoms with Gasteiger partial charge in [0.15, 0.2) is 0 Å². The summed E-state index contributed by atoms with van der Waals surface area (Å²) in [5, 5.41) is 0. The zero-order valence-electron chi connectivity index (χ0n) is 7.82. The molecule has 0 aliphatic heterocycles. The van der Waals surface area contributed by atoms with Gasteiger partial charge in [-0.05, 0) is 12.1 Å². The van der Waals surface area contributed by atoms with Crippen molar-refractivity contribution in [2.24, 2.45) is 0 Å². The first-order valence-corrected chi connectivity index (χ1v) is 5.47. The number of hydrogen-bond acceptors (Lipinski definition) is 4. The van der Waals surface area contributed by atoms with Crippen LogP contribution in [0.3, 0.4) is 0 Å². The van der Waals surface area contributed by atoms with Gasteiger partial charge in [0.05, 0.1) is 0 Å². The van der Waals surface area contributed by atoms with E-state index < -0.39 is 22.7 Å². The number of aromatic nitrogens is 1. The Morgan fingerprint density at radius 2 is 2.00 bits per heavy atom. The fourth-order valence-corrected chi connectivity index (χ4v) is 1.77. The summed E-state index contributed by atoms with van der Waals surface area (Å²) in [6.07, 6.45) is -3.72. The number of alkyl halides is 3. The normalized spacial score (nSPS) is 12.7. The third-order valence-corrected chi connectivity index (χ3v) is 2.92. The van der Waals surface area contributed by atoms with Crippen molar-refractivity contribution in [1.82, 2.24) is 9.71 Å². The summed E-state index contributed by atoms with van der Waals surface area (Å²) < 4.78 is 59.4. The van der Waals surface area contributed by atoms with E-state index in [1.165, 1.54) is 10.8 Å². The predicted octanol–water partition coefficient (Wildman–Crippen LogP) is 0.504. The number of hydrogen-bond donors (Lipinski definition) is 2. The van der Waals surface area contributed by atoms with Crippen LogP contribution in [0.1, 0.15) is 0 Å². The van der Waals surface area contributed by atoms with Crippen LogP contribution in [-0.4, -0.2) is 26.1 Å². The molecular formula is C7H8F3N3O2S. The Balaban J connectivity index is 2.83. The van der Waals surface area contributed by atoms with Crippen LogP contribution >= 0.6 is 0 Å². The van der Waals surface area contributed by atoms with E-state index in [2.05, 4.69) is 4.98 Å². The van der Waals surface area contributed by atoms with Crippen LogP contribution in [0.25, 0.3) is 0 Å². The van der Waals surface area contributed by atoms with Crippen LogP contribution in [-0.2, 0) is 10.0 Å². The van der Waals surface area contributed by atoms with Crippen LogP contribution in [0.4, 0.5) is 19.0 Å². The van der Waals surface area contributed by atoms with Crippen molar-refractivity contribution in [1.29, 1.82) is 0 Å². The summed E-state index contributed by atoms with van der Waals surface area (Å²) in [5.74, 6) is 0.0785. The number of sulfonamides is 1. The Morgan fingerprint density at radius 3 is 2.44 bits per heavy atom. The summed E-state index contributed by atoms with van der Waals surface area (Å²) >= 11 is 0. The second-order valence-electron chi connectivity index (χ2n) is 2.86. The minimum Gasteiger partial charge on any atom is -0.384 e. The third kappa shape index (κ3) is 3.66. The molecule has 0 fully saturated rings. The summed E-state index contributed by atoms with van der Waals surface area (Å²) in [6, 6.07) is 2.25. The molecule has 0 aromatic carbocycles. The largest absolute Gasteiger partial charge is 0.402 e. The predicted molar refractivity (Wildman–Crippen MR) is 49.9 cm³/mol. The number of pyridine rings is 1. The lowest BCUT2D eigenvalue weighted by Gasteiger charge is -2.08. The highest BCUT2D eigenvalue weighted by atomic mass is 32.2. The molecule has 9 heteroatoms. The van der Waals surface area contributed by atoms with Gasteiger partial charge in [-0.2, -0.15) is 13.2 Å². The first-order valence-electron chi connectivity index (χ1n) is 3.99. The van der Waals surface area contributed by atoms with Gasteiger partial charge in [0.2, 0.25) is 10.0 Å². The van der Waals surface area contributed by atoms with Gasteiger partial charge in [0, 0.05) is 6.20 Å². The minimum absolute atomic E-state index is 0.0785. The maximum Gasteiger partial charge on any atom is 0.402 e. The molecule has 0 radical (unpaired) electrons. The van der Waals surface area contributed by atoms with Crippen LogP contribution in [0, 0.1) is 0 Å². The first kappa shape index (κ1) is 12.7. The molecule has 0 aliphatic carbocycles. The van der Waals surface area contributed by atoms with Gasteiger partial charge in [-0.1, -0.05) is 0 Å². The number of rotatable bonds is 3. The van der Waals surface area contributed by atoms with Gasteiger partial charge in [-0.25, -0.2) is 18.1 Å². The number of nitrogens with zero attached hydrogens (tertiary/aromatic N) is 1. The van der Waals surface area contributed by atoms with Gasteiger partial charge >= 0.3 is 6.18 Å². The summed E-state index contributed by atoms with van der Waals surface area (Å²) in [4.78, 5) is 3.10. The molecule has 1 heterocycles. The van der Waals surface area contributed by atoms with Gasteiger partial charge in [0.1, 0.15) is 17.3 Å². The van der Waals surface area contributed by atoms with Crippen molar-refractivity contribution in [2.75, 3.05) is 12.3 Å². The summed E-state index contributed by atoms with van der Waals surface area (Å²) in [7, 11) is -4.20. The highest BCUT2D eigenvalue weighted by molar-refractivity contribution is 7.89. The number of nitrogens with one attached hydrogen (secondary N) is 1.